The fraction of sp³-hybridized carbons (Fsp3) is 0.167. The fourth-order valence-corrected chi connectivity index (χ4v) is 1.33. The average Bonchev–Trinajstić information content (AvgIpc) is 2.45. The highest BCUT2D eigenvalue weighted by atomic mass is 19.3. The van der Waals surface area contributed by atoms with Crippen molar-refractivity contribution < 1.29 is 29.3 Å². The highest BCUT2D eigenvalue weighted by Crippen LogP contribution is 2.39. The van der Waals surface area contributed by atoms with Gasteiger partial charge < -0.3 is 14.2 Å². The zero-order valence-electron chi connectivity index (χ0n) is 11.6. The van der Waals surface area contributed by atoms with E-state index in [0.29, 0.717) is 11.8 Å². The standard InChI is InChI=1S/C12H11F2NO5/c1-18-9-5-8(3-4-15(16)17)6-10(19-2)12(9)20-7-11(13)14/h3-7H,1-2H3/i7D. The van der Waals surface area contributed by atoms with Gasteiger partial charge in [0.05, 0.1) is 19.1 Å². The van der Waals surface area contributed by atoms with Gasteiger partial charge in [0.2, 0.25) is 11.9 Å². The summed E-state index contributed by atoms with van der Waals surface area (Å²) in [5.41, 5.74) is 0.337. The van der Waals surface area contributed by atoms with Gasteiger partial charge in [-0.15, -0.1) is 0 Å². The van der Waals surface area contributed by atoms with Crippen LogP contribution in [0, 0.1) is 10.1 Å². The number of ether oxygens (including phenoxy) is 3. The molecule has 0 radical (unpaired) electrons. The second kappa shape index (κ2) is 7.07. The van der Waals surface area contributed by atoms with Gasteiger partial charge in [-0.25, -0.2) is 0 Å². The number of rotatable bonds is 6. The molecule has 0 spiro atoms. The Morgan fingerprint density at radius 2 is 1.90 bits per heavy atom. The van der Waals surface area contributed by atoms with Crippen molar-refractivity contribution in [3.63, 3.8) is 0 Å². The highest BCUT2D eigenvalue weighted by Gasteiger charge is 2.13. The summed E-state index contributed by atoms with van der Waals surface area (Å²) >= 11 is 0. The number of nitro groups is 1. The smallest absolute Gasteiger partial charge is 0.305 e. The third kappa shape index (κ3) is 4.23. The molecule has 0 aliphatic heterocycles. The van der Waals surface area contributed by atoms with Crippen LogP contribution in [0.15, 0.2) is 30.7 Å². The minimum atomic E-state index is -2.31. The van der Waals surface area contributed by atoms with E-state index in [0.717, 1.165) is 0 Å². The predicted octanol–water partition coefficient (Wildman–Crippen LogP) is 3.07. The number of benzene rings is 1. The fourth-order valence-electron chi connectivity index (χ4n) is 1.33. The molecule has 6 nitrogen and oxygen atoms in total. The number of nitrogens with zero attached hydrogens (tertiary/aromatic N) is 1. The summed E-state index contributed by atoms with van der Waals surface area (Å²) in [6.07, 6.45) is -1.79. The molecule has 20 heavy (non-hydrogen) atoms. The summed E-state index contributed by atoms with van der Waals surface area (Å²) in [4.78, 5) is 9.63. The van der Waals surface area contributed by atoms with Crippen LogP contribution in [0.3, 0.4) is 0 Å². The van der Waals surface area contributed by atoms with Crippen LogP contribution >= 0.6 is 0 Å². The summed E-state index contributed by atoms with van der Waals surface area (Å²) < 4.78 is 46.1. The molecule has 0 heterocycles. The maximum atomic E-state index is 12.3. The van der Waals surface area contributed by atoms with E-state index >= 15 is 0 Å². The van der Waals surface area contributed by atoms with E-state index < -0.39 is 17.2 Å². The van der Waals surface area contributed by atoms with Crippen molar-refractivity contribution in [2.45, 2.75) is 0 Å². The first-order valence-corrected chi connectivity index (χ1v) is 5.16. The van der Waals surface area contributed by atoms with E-state index in [9.17, 15) is 18.9 Å². The molecule has 108 valence electrons. The molecule has 0 unspecified atom stereocenters. The Morgan fingerprint density at radius 1 is 1.35 bits per heavy atom. The van der Waals surface area contributed by atoms with Crippen molar-refractivity contribution in [3.8, 4) is 17.2 Å². The number of halogens is 2. The van der Waals surface area contributed by atoms with Crippen LogP contribution in [0.5, 0.6) is 17.2 Å². The Labute approximate surface area is 114 Å². The lowest BCUT2D eigenvalue weighted by Crippen LogP contribution is -1.95. The predicted molar refractivity (Wildman–Crippen MR) is 66.5 cm³/mol. The topological polar surface area (TPSA) is 70.8 Å². The summed E-state index contributed by atoms with van der Waals surface area (Å²) in [5, 5.41) is 10.3. The van der Waals surface area contributed by atoms with Crippen molar-refractivity contribution >= 4 is 6.08 Å². The van der Waals surface area contributed by atoms with Gasteiger partial charge in [-0.3, -0.25) is 10.1 Å². The molecule has 0 aromatic heterocycles. The summed E-state index contributed by atoms with van der Waals surface area (Å²) in [7, 11) is 2.50. The minimum Gasteiger partial charge on any atom is -0.493 e. The molecular weight excluding hydrogens is 276 g/mol. The molecule has 0 saturated carbocycles. The number of hydrogen-bond acceptors (Lipinski definition) is 5. The zero-order valence-corrected chi connectivity index (χ0v) is 10.6. The molecule has 1 rings (SSSR count). The van der Waals surface area contributed by atoms with Gasteiger partial charge in [-0.2, -0.15) is 8.78 Å². The molecule has 0 saturated heterocycles. The third-order valence-corrected chi connectivity index (χ3v) is 2.10. The van der Waals surface area contributed by atoms with Crippen LogP contribution in [-0.4, -0.2) is 19.1 Å². The van der Waals surface area contributed by atoms with E-state index in [2.05, 4.69) is 4.74 Å². The van der Waals surface area contributed by atoms with Gasteiger partial charge in [0.1, 0.15) is 1.37 Å². The highest BCUT2D eigenvalue weighted by molar-refractivity contribution is 5.61. The van der Waals surface area contributed by atoms with Crippen molar-refractivity contribution in [1.82, 2.24) is 0 Å². The first-order valence-electron chi connectivity index (χ1n) is 5.66. The van der Waals surface area contributed by atoms with Crippen molar-refractivity contribution in [3.05, 3.63) is 46.3 Å². The van der Waals surface area contributed by atoms with Crippen LogP contribution in [-0.2, 0) is 0 Å². The summed E-state index contributed by atoms with van der Waals surface area (Å²) in [6, 6.07) is 2.64. The van der Waals surface area contributed by atoms with Gasteiger partial charge in [0.25, 0.3) is 0 Å². The van der Waals surface area contributed by atoms with E-state index in [1.54, 1.807) is 0 Å². The van der Waals surface area contributed by atoms with E-state index in [-0.39, 0.29) is 17.2 Å². The largest absolute Gasteiger partial charge is 0.493 e. The lowest BCUT2D eigenvalue weighted by molar-refractivity contribution is -0.400. The van der Waals surface area contributed by atoms with Gasteiger partial charge in [0, 0.05) is 6.08 Å². The molecule has 8 heteroatoms. The molecule has 0 bridgehead atoms. The maximum Gasteiger partial charge on any atom is 0.305 e. The summed E-state index contributed by atoms with van der Waals surface area (Å²) in [6.45, 7) is 0. The van der Waals surface area contributed by atoms with E-state index in [1.165, 1.54) is 32.4 Å². The van der Waals surface area contributed by atoms with E-state index in [4.69, 9.17) is 10.8 Å². The van der Waals surface area contributed by atoms with Crippen LogP contribution in [0.1, 0.15) is 6.93 Å². The third-order valence-electron chi connectivity index (χ3n) is 2.10. The van der Waals surface area contributed by atoms with Gasteiger partial charge in [-0.1, -0.05) is 0 Å². The van der Waals surface area contributed by atoms with Gasteiger partial charge in [0.15, 0.2) is 17.7 Å². The van der Waals surface area contributed by atoms with Crippen molar-refractivity contribution in [2.75, 3.05) is 14.2 Å². The Bertz CT molecular complexity index is 574. The van der Waals surface area contributed by atoms with Crippen LogP contribution in [0.25, 0.3) is 6.08 Å². The first-order chi connectivity index (χ1) is 9.88. The normalized spacial score (nSPS) is 10.9. The molecule has 0 atom stereocenters. The average molecular weight is 288 g/mol. The molecule has 1 aromatic carbocycles. The molecule has 0 aliphatic rings. The summed E-state index contributed by atoms with van der Waals surface area (Å²) in [5.74, 6) is -0.247. The molecule has 1 aromatic rings. The van der Waals surface area contributed by atoms with Crippen LogP contribution in [0.4, 0.5) is 8.78 Å². The minimum absolute atomic E-state index is 0.0108. The van der Waals surface area contributed by atoms with Gasteiger partial charge >= 0.3 is 6.08 Å². The monoisotopic (exact) mass is 288 g/mol. The van der Waals surface area contributed by atoms with Gasteiger partial charge in [-0.05, 0) is 17.7 Å². The number of hydrogen-bond donors (Lipinski definition) is 0. The lowest BCUT2D eigenvalue weighted by atomic mass is 10.2. The lowest BCUT2D eigenvalue weighted by Gasteiger charge is -2.12. The Kier molecular flexibility index (Phi) is 4.87. The van der Waals surface area contributed by atoms with Crippen LogP contribution in [0.2, 0.25) is 0 Å². The first kappa shape index (κ1) is 13.8. The zero-order chi connectivity index (χ0) is 16.0. The van der Waals surface area contributed by atoms with Crippen molar-refractivity contribution in [2.24, 2.45) is 0 Å². The van der Waals surface area contributed by atoms with Crippen LogP contribution < -0.4 is 14.2 Å². The SMILES string of the molecule is [2H]C(Oc1c(OC)cc(C=C[N+](=O)[O-])cc1OC)=C(F)F. The molecule has 0 N–H and O–H groups in total. The Morgan fingerprint density at radius 3 is 2.30 bits per heavy atom. The molecule has 0 amide bonds. The number of methoxy groups -OCH3 is 2. The second-order valence-electron chi connectivity index (χ2n) is 3.32. The Hall–Kier alpha value is -2.64. The van der Waals surface area contributed by atoms with Crippen molar-refractivity contribution in [1.29, 1.82) is 0 Å². The van der Waals surface area contributed by atoms with E-state index in [1.807, 2.05) is 0 Å². The molecular formula is C12H11F2NO5. The quantitative estimate of drug-likeness (QED) is 0.457. The maximum absolute atomic E-state index is 12.3. The Balaban J connectivity index is 3.31. The second-order valence-corrected chi connectivity index (χ2v) is 3.32. The molecule has 0 aliphatic carbocycles. The molecule has 0 fully saturated rings.